The Bertz CT molecular complexity index is 345. The first kappa shape index (κ1) is 14.7. The van der Waals surface area contributed by atoms with Gasteiger partial charge in [-0.1, -0.05) is 19.1 Å². The zero-order chi connectivity index (χ0) is 11.3. The number of carbonyl (C=O) groups excluding carboxylic acids is 1. The third-order valence-electron chi connectivity index (χ3n) is 2.14. The van der Waals surface area contributed by atoms with E-state index in [1.165, 1.54) is 0 Å². The van der Waals surface area contributed by atoms with Crippen molar-refractivity contribution in [1.82, 2.24) is 0 Å². The van der Waals surface area contributed by atoms with Gasteiger partial charge in [-0.25, -0.2) is 0 Å². The van der Waals surface area contributed by atoms with Crippen molar-refractivity contribution in [3.8, 4) is 5.75 Å². The van der Waals surface area contributed by atoms with Crippen LogP contribution in [-0.4, -0.2) is 19.1 Å². The van der Waals surface area contributed by atoms with E-state index in [-0.39, 0.29) is 18.3 Å². The zero-order valence-electron chi connectivity index (χ0n) is 9.40. The second-order valence-electron chi connectivity index (χ2n) is 3.20. The van der Waals surface area contributed by atoms with Gasteiger partial charge in [0, 0.05) is 0 Å². The molecular formula is C11H17ClN2O2. The quantitative estimate of drug-likeness (QED) is 0.849. The average Bonchev–Trinajstić information content (AvgIpc) is 2.28. The number of para-hydroxylation sites is 2. The highest BCUT2D eigenvalue weighted by atomic mass is 35.5. The molecule has 4 nitrogen and oxygen atoms in total. The van der Waals surface area contributed by atoms with Gasteiger partial charge >= 0.3 is 0 Å². The highest BCUT2D eigenvalue weighted by molar-refractivity contribution is 5.95. The first-order chi connectivity index (χ1) is 7.19. The molecule has 0 aromatic heterocycles. The fraction of sp³-hybridized carbons (Fsp3) is 0.364. The van der Waals surface area contributed by atoms with E-state index >= 15 is 0 Å². The van der Waals surface area contributed by atoms with E-state index in [0.717, 1.165) is 0 Å². The number of nitrogens with one attached hydrogen (secondary N) is 1. The van der Waals surface area contributed by atoms with E-state index < -0.39 is 6.04 Å². The van der Waals surface area contributed by atoms with Crippen molar-refractivity contribution >= 4 is 24.0 Å². The molecule has 0 aliphatic heterocycles. The van der Waals surface area contributed by atoms with Crippen LogP contribution in [-0.2, 0) is 4.79 Å². The molecule has 0 saturated carbocycles. The maximum absolute atomic E-state index is 11.5. The Morgan fingerprint density at radius 2 is 2.12 bits per heavy atom. The number of hydrogen-bond donors (Lipinski definition) is 2. The summed E-state index contributed by atoms with van der Waals surface area (Å²) in [6.07, 6.45) is 0.612. The molecule has 0 spiro atoms. The largest absolute Gasteiger partial charge is 0.495 e. The summed E-state index contributed by atoms with van der Waals surface area (Å²) in [5.74, 6) is 0.441. The van der Waals surface area contributed by atoms with Gasteiger partial charge in [-0.15, -0.1) is 12.4 Å². The fourth-order valence-electron chi connectivity index (χ4n) is 1.16. The molecule has 1 rings (SSSR count). The SMILES string of the molecule is CC[C@H](N)C(=O)Nc1ccccc1OC.Cl. The highest BCUT2D eigenvalue weighted by Gasteiger charge is 2.12. The first-order valence-electron chi connectivity index (χ1n) is 4.88. The minimum Gasteiger partial charge on any atom is -0.495 e. The van der Waals surface area contributed by atoms with Crippen molar-refractivity contribution in [2.45, 2.75) is 19.4 Å². The number of ether oxygens (including phenoxy) is 1. The van der Waals surface area contributed by atoms with Gasteiger partial charge in [0.15, 0.2) is 0 Å². The Morgan fingerprint density at radius 1 is 1.50 bits per heavy atom. The van der Waals surface area contributed by atoms with Crippen molar-refractivity contribution < 1.29 is 9.53 Å². The van der Waals surface area contributed by atoms with Gasteiger partial charge < -0.3 is 15.8 Å². The summed E-state index contributed by atoms with van der Waals surface area (Å²) in [5, 5.41) is 2.72. The van der Waals surface area contributed by atoms with Crippen LogP contribution in [0.25, 0.3) is 0 Å². The van der Waals surface area contributed by atoms with Crippen LogP contribution in [0.2, 0.25) is 0 Å². The monoisotopic (exact) mass is 244 g/mol. The van der Waals surface area contributed by atoms with Crippen LogP contribution in [0.1, 0.15) is 13.3 Å². The summed E-state index contributed by atoms with van der Waals surface area (Å²) < 4.78 is 5.10. The summed E-state index contributed by atoms with van der Waals surface area (Å²) in [4.78, 5) is 11.5. The Labute approximate surface area is 102 Å². The van der Waals surface area contributed by atoms with E-state index in [2.05, 4.69) is 5.32 Å². The predicted octanol–water partition coefficient (Wildman–Crippen LogP) is 1.79. The summed E-state index contributed by atoms with van der Waals surface area (Å²) in [6, 6.07) is 6.76. The number of rotatable bonds is 4. The number of carbonyl (C=O) groups is 1. The standard InChI is InChI=1S/C11H16N2O2.ClH/c1-3-8(12)11(14)13-9-6-4-5-7-10(9)15-2;/h4-8H,3,12H2,1-2H3,(H,13,14);1H/t8-;/m0./s1. The third kappa shape index (κ3) is 3.72. The summed E-state index contributed by atoms with van der Waals surface area (Å²) in [7, 11) is 1.56. The number of benzene rings is 1. The lowest BCUT2D eigenvalue weighted by Crippen LogP contribution is -2.34. The van der Waals surface area contributed by atoms with E-state index in [9.17, 15) is 4.79 Å². The van der Waals surface area contributed by atoms with E-state index in [4.69, 9.17) is 10.5 Å². The molecule has 1 aromatic carbocycles. The molecule has 0 radical (unpaired) electrons. The third-order valence-corrected chi connectivity index (χ3v) is 2.14. The molecule has 90 valence electrons. The minimum absolute atomic E-state index is 0. The molecule has 16 heavy (non-hydrogen) atoms. The molecule has 1 atom stereocenters. The predicted molar refractivity (Wildman–Crippen MR) is 67.1 cm³/mol. The number of methoxy groups -OCH3 is 1. The minimum atomic E-state index is -0.477. The zero-order valence-corrected chi connectivity index (χ0v) is 10.2. The van der Waals surface area contributed by atoms with Crippen LogP contribution in [0.15, 0.2) is 24.3 Å². The molecule has 0 unspecified atom stereocenters. The van der Waals surface area contributed by atoms with Crippen LogP contribution in [0, 0.1) is 0 Å². The number of anilines is 1. The number of hydrogen-bond acceptors (Lipinski definition) is 3. The second kappa shape index (κ2) is 7.09. The first-order valence-corrected chi connectivity index (χ1v) is 4.88. The molecule has 0 saturated heterocycles. The number of halogens is 1. The van der Waals surface area contributed by atoms with Gasteiger partial charge in [0.1, 0.15) is 5.75 Å². The Kier molecular flexibility index (Phi) is 6.53. The molecule has 1 aromatic rings. The fourth-order valence-corrected chi connectivity index (χ4v) is 1.16. The topological polar surface area (TPSA) is 64.4 Å². The lowest BCUT2D eigenvalue weighted by Gasteiger charge is -2.12. The molecule has 0 aliphatic carbocycles. The molecule has 0 heterocycles. The smallest absolute Gasteiger partial charge is 0.241 e. The normalized spacial score (nSPS) is 11.2. The van der Waals surface area contributed by atoms with Gasteiger partial charge in [0.2, 0.25) is 5.91 Å². The van der Waals surface area contributed by atoms with Crippen molar-refractivity contribution in [2.75, 3.05) is 12.4 Å². The van der Waals surface area contributed by atoms with Crippen LogP contribution in [0.5, 0.6) is 5.75 Å². The molecule has 1 amide bonds. The molecule has 0 fully saturated rings. The average molecular weight is 245 g/mol. The summed E-state index contributed by atoms with van der Waals surface area (Å²) in [6.45, 7) is 1.87. The Balaban J connectivity index is 0.00000225. The second-order valence-corrected chi connectivity index (χ2v) is 3.20. The summed E-state index contributed by atoms with van der Waals surface area (Å²) >= 11 is 0. The highest BCUT2D eigenvalue weighted by Crippen LogP contribution is 2.22. The van der Waals surface area contributed by atoms with Gasteiger partial charge in [0.25, 0.3) is 0 Å². The van der Waals surface area contributed by atoms with Gasteiger partial charge in [-0.05, 0) is 18.6 Å². The maximum atomic E-state index is 11.5. The van der Waals surface area contributed by atoms with Gasteiger partial charge in [0.05, 0.1) is 18.8 Å². The maximum Gasteiger partial charge on any atom is 0.241 e. The molecule has 5 heteroatoms. The lowest BCUT2D eigenvalue weighted by atomic mass is 10.2. The van der Waals surface area contributed by atoms with E-state index in [1.54, 1.807) is 19.2 Å². The van der Waals surface area contributed by atoms with Crippen molar-refractivity contribution in [1.29, 1.82) is 0 Å². The van der Waals surface area contributed by atoms with E-state index in [1.807, 2.05) is 19.1 Å². The van der Waals surface area contributed by atoms with Gasteiger partial charge in [-0.3, -0.25) is 4.79 Å². The van der Waals surface area contributed by atoms with Crippen molar-refractivity contribution in [3.63, 3.8) is 0 Å². The van der Waals surface area contributed by atoms with E-state index in [0.29, 0.717) is 17.9 Å². The van der Waals surface area contributed by atoms with Gasteiger partial charge in [-0.2, -0.15) is 0 Å². The van der Waals surface area contributed by atoms with Crippen LogP contribution >= 0.6 is 12.4 Å². The summed E-state index contributed by atoms with van der Waals surface area (Å²) in [5.41, 5.74) is 6.25. The van der Waals surface area contributed by atoms with Crippen LogP contribution < -0.4 is 15.8 Å². The number of amides is 1. The Morgan fingerprint density at radius 3 is 2.69 bits per heavy atom. The molecule has 0 aliphatic rings. The van der Waals surface area contributed by atoms with Crippen LogP contribution in [0.3, 0.4) is 0 Å². The number of nitrogens with two attached hydrogens (primary N) is 1. The van der Waals surface area contributed by atoms with Crippen molar-refractivity contribution in [2.24, 2.45) is 5.73 Å². The molecule has 3 N–H and O–H groups in total. The van der Waals surface area contributed by atoms with Crippen LogP contribution in [0.4, 0.5) is 5.69 Å². The Hall–Kier alpha value is -1.26. The van der Waals surface area contributed by atoms with Crippen molar-refractivity contribution in [3.05, 3.63) is 24.3 Å². The molecule has 0 bridgehead atoms. The lowest BCUT2D eigenvalue weighted by molar-refractivity contribution is -0.117. The molecular weight excluding hydrogens is 228 g/mol.